The van der Waals surface area contributed by atoms with Crippen LogP contribution in [0.15, 0.2) is 4.52 Å². The van der Waals surface area contributed by atoms with Gasteiger partial charge in [-0.2, -0.15) is 0 Å². The Morgan fingerprint density at radius 3 is 2.80 bits per heavy atom. The molecule has 1 saturated heterocycles. The van der Waals surface area contributed by atoms with E-state index in [4.69, 9.17) is 4.52 Å². The van der Waals surface area contributed by atoms with Gasteiger partial charge in [0.05, 0.1) is 11.7 Å². The lowest BCUT2D eigenvalue weighted by atomic mass is 10.0. The van der Waals surface area contributed by atoms with Gasteiger partial charge in [-0.1, -0.05) is 11.6 Å². The molecule has 0 aromatic carbocycles. The van der Waals surface area contributed by atoms with Gasteiger partial charge in [-0.3, -0.25) is 4.79 Å². The van der Waals surface area contributed by atoms with Gasteiger partial charge in [0, 0.05) is 11.6 Å². The van der Waals surface area contributed by atoms with Gasteiger partial charge in [-0.25, -0.2) is 0 Å². The molecule has 2 unspecified atom stereocenters. The maximum atomic E-state index is 12.1. The lowest BCUT2D eigenvalue weighted by molar-refractivity contribution is -0.124. The molecule has 1 fully saturated rings. The summed E-state index contributed by atoms with van der Waals surface area (Å²) in [6.45, 7) is 6.80. The quantitative estimate of drug-likeness (QED) is 0.891. The van der Waals surface area contributed by atoms with Crippen molar-refractivity contribution in [1.29, 1.82) is 0 Å². The molecular weight excluding hydrogens is 278 g/mol. The van der Waals surface area contributed by atoms with Crippen LogP contribution in [-0.2, 0) is 11.2 Å². The molecule has 0 spiro atoms. The Kier molecular flexibility index (Phi) is 6.49. The van der Waals surface area contributed by atoms with Crippen LogP contribution in [0.25, 0.3) is 0 Å². The first-order valence-corrected chi connectivity index (χ1v) is 7.03. The van der Waals surface area contributed by atoms with Crippen LogP contribution in [-0.4, -0.2) is 29.7 Å². The Labute approximate surface area is 126 Å². The number of halogens is 1. The Morgan fingerprint density at radius 2 is 2.25 bits per heavy atom. The fraction of sp³-hybridized carbons (Fsp3) is 0.714. The summed E-state index contributed by atoms with van der Waals surface area (Å²) >= 11 is 0. The lowest BCUT2D eigenvalue weighted by Gasteiger charge is -2.24. The van der Waals surface area contributed by atoms with Gasteiger partial charge in [0.15, 0.2) is 0 Å². The zero-order chi connectivity index (χ0) is 13.8. The van der Waals surface area contributed by atoms with E-state index < -0.39 is 0 Å². The van der Waals surface area contributed by atoms with E-state index in [9.17, 15) is 4.79 Å². The van der Waals surface area contributed by atoms with Gasteiger partial charge >= 0.3 is 0 Å². The molecule has 1 aliphatic heterocycles. The van der Waals surface area contributed by atoms with E-state index in [0.29, 0.717) is 0 Å². The maximum Gasteiger partial charge on any atom is 0.237 e. The largest absolute Gasteiger partial charge is 0.361 e. The molecule has 2 rings (SSSR count). The lowest BCUT2D eigenvalue weighted by Crippen LogP contribution is -2.49. The molecule has 5 nitrogen and oxygen atoms in total. The van der Waals surface area contributed by atoms with Crippen molar-refractivity contribution in [3.8, 4) is 0 Å². The standard InChI is InChI=1S/C14H23N3O2.ClH/c1-9(8-12-10(2)17-19-11(12)3)16-14(18)13-6-4-5-7-15-13;/h9,13,15H,4-8H2,1-3H3,(H,16,18);1H. The van der Waals surface area contributed by atoms with E-state index in [1.54, 1.807) is 0 Å². The van der Waals surface area contributed by atoms with Gasteiger partial charge in [-0.05, 0) is 46.6 Å². The summed E-state index contributed by atoms with van der Waals surface area (Å²) in [5.74, 6) is 0.952. The topological polar surface area (TPSA) is 67.2 Å². The number of carbonyl (C=O) groups excluding carboxylic acids is 1. The van der Waals surface area contributed by atoms with Crippen molar-refractivity contribution < 1.29 is 9.32 Å². The van der Waals surface area contributed by atoms with Gasteiger partial charge in [0.1, 0.15) is 5.76 Å². The molecule has 1 amide bonds. The molecule has 114 valence electrons. The average molecular weight is 302 g/mol. The predicted molar refractivity (Wildman–Crippen MR) is 80.2 cm³/mol. The third-order valence-electron chi connectivity index (χ3n) is 3.71. The molecule has 0 saturated carbocycles. The fourth-order valence-corrected chi connectivity index (χ4v) is 2.57. The first-order valence-electron chi connectivity index (χ1n) is 7.03. The summed E-state index contributed by atoms with van der Waals surface area (Å²) < 4.78 is 5.14. The molecular formula is C14H24ClN3O2. The third kappa shape index (κ3) is 4.21. The summed E-state index contributed by atoms with van der Waals surface area (Å²) in [5, 5.41) is 10.3. The summed E-state index contributed by atoms with van der Waals surface area (Å²) in [5.41, 5.74) is 2.01. The van der Waals surface area contributed by atoms with Crippen LogP contribution < -0.4 is 10.6 Å². The predicted octanol–water partition coefficient (Wildman–Crippen LogP) is 1.90. The molecule has 1 aromatic rings. The molecule has 0 radical (unpaired) electrons. The van der Waals surface area contributed by atoms with E-state index in [1.807, 2.05) is 20.8 Å². The zero-order valence-electron chi connectivity index (χ0n) is 12.4. The number of aryl methyl sites for hydroxylation is 2. The molecule has 2 N–H and O–H groups in total. The van der Waals surface area contributed by atoms with E-state index in [2.05, 4.69) is 15.8 Å². The highest BCUT2D eigenvalue weighted by Gasteiger charge is 2.22. The average Bonchev–Trinajstić information content (AvgIpc) is 2.71. The monoisotopic (exact) mass is 301 g/mol. The Morgan fingerprint density at radius 1 is 1.50 bits per heavy atom. The second kappa shape index (κ2) is 7.64. The van der Waals surface area contributed by atoms with E-state index in [0.717, 1.165) is 42.8 Å². The maximum absolute atomic E-state index is 12.1. The minimum atomic E-state index is -0.0270. The molecule has 0 bridgehead atoms. The van der Waals surface area contributed by atoms with Crippen molar-refractivity contribution in [2.24, 2.45) is 0 Å². The number of amides is 1. The molecule has 2 atom stereocenters. The SMILES string of the molecule is Cc1noc(C)c1CC(C)NC(=O)C1CCCCN1.Cl. The van der Waals surface area contributed by atoms with Crippen molar-refractivity contribution in [3.63, 3.8) is 0 Å². The van der Waals surface area contributed by atoms with Gasteiger partial charge in [-0.15, -0.1) is 12.4 Å². The second-order valence-electron chi connectivity index (χ2n) is 5.42. The van der Waals surface area contributed by atoms with Gasteiger partial charge in [0.25, 0.3) is 0 Å². The van der Waals surface area contributed by atoms with Crippen LogP contribution in [0.1, 0.15) is 43.2 Å². The molecule has 20 heavy (non-hydrogen) atoms. The number of carbonyl (C=O) groups is 1. The smallest absolute Gasteiger partial charge is 0.237 e. The summed E-state index contributed by atoms with van der Waals surface area (Å²) in [4.78, 5) is 12.1. The van der Waals surface area contributed by atoms with Crippen LogP contribution in [0.3, 0.4) is 0 Å². The Hall–Kier alpha value is -1.07. The number of nitrogens with zero attached hydrogens (tertiary/aromatic N) is 1. The molecule has 1 aliphatic rings. The van der Waals surface area contributed by atoms with Crippen molar-refractivity contribution in [2.45, 2.75) is 58.5 Å². The zero-order valence-corrected chi connectivity index (χ0v) is 13.2. The van der Waals surface area contributed by atoms with Crippen LogP contribution in [0.4, 0.5) is 0 Å². The van der Waals surface area contributed by atoms with Gasteiger partial charge in [0.2, 0.25) is 5.91 Å². The third-order valence-corrected chi connectivity index (χ3v) is 3.71. The number of hydrogen-bond acceptors (Lipinski definition) is 4. The van der Waals surface area contributed by atoms with E-state index >= 15 is 0 Å². The molecule has 0 aliphatic carbocycles. The van der Waals surface area contributed by atoms with Crippen LogP contribution in [0.5, 0.6) is 0 Å². The summed E-state index contributed by atoms with van der Waals surface area (Å²) in [6.07, 6.45) is 3.99. The van der Waals surface area contributed by atoms with Crippen molar-refractivity contribution in [1.82, 2.24) is 15.8 Å². The van der Waals surface area contributed by atoms with Crippen molar-refractivity contribution in [2.75, 3.05) is 6.54 Å². The first-order chi connectivity index (χ1) is 9.08. The highest BCUT2D eigenvalue weighted by molar-refractivity contribution is 5.85. The van der Waals surface area contributed by atoms with Crippen LogP contribution >= 0.6 is 12.4 Å². The number of piperidine rings is 1. The van der Waals surface area contributed by atoms with E-state index in [1.165, 1.54) is 6.42 Å². The van der Waals surface area contributed by atoms with Crippen LogP contribution in [0.2, 0.25) is 0 Å². The number of rotatable bonds is 4. The van der Waals surface area contributed by atoms with Crippen LogP contribution in [0, 0.1) is 13.8 Å². The Bertz CT molecular complexity index is 422. The fourth-order valence-electron chi connectivity index (χ4n) is 2.57. The van der Waals surface area contributed by atoms with Gasteiger partial charge < -0.3 is 15.2 Å². The highest BCUT2D eigenvalue weighted by Crippen LogP contribution is 2.14. The number of aromatic nitrogens is 1. The Balaban J connectivity index is 0.00000200. The first kappa shape index (κ1) is 17.0. The summed E-state index contributed by atoms with van der Waals surface area (Å²) in [7, 11) is 0. The molecule has 1 aromatic heterocycles. The van der Waals surface area contributed by atoms with E-state index in [-0.39, 0.29) is 30.4 Å². The number of nitrogens with one attached hydrogen (secondary N) is 2. The second-order valence-corrected chi connectivity index (χ2v) is 5.42. The minimum absolute atomic E-state index is 0. The molecule has 2 heterocycles. The normalized spacial score (nSPS) is 20.1. The number of hydrogen-bond donors (Lipinski definition) is 2. The van der Waals surface area contributed by atoms with Crippen molar-refractivity contribution in [3.05, 3.63) is 17.0 Å². The van der Waals surface area contributed by atoms with Crippen molar-refractivity contribution >= 4 is 18.3 Å². The molecule has 6 heteroatoms. The highest BCUT2D eigenvalue weighted by atomic mass is 35.5. The minimum Gasteiger partial charge on any atom is -0.361 e. The summed E-state index contributed by atoms with van der Waals surface area (Å²) in [6, 6.07) is 0.0638.